The summed E-state index contributed by atoms with van der Waals surface area (Å²) in [7, 11) is 3.21. The number of carbonyl (C=O) groups is 1. The van der Waals surface area contributed by atoms with E-state index in [0.717, 1.165) is 11.6 Å². The van der Waals surface area contributed by atoms with E-state index in [-0.39, 0.29) is 16.6 Å². The van der Waals surface area contributed by atoms with Crippen molar-refractivity contribution in [1.82, 2.24) is 4.90 Å². The number of benzene rings is 2. The zero-order valence-corrected chi connectivity index (χ0v) is 13.4. The Morgan fingerprint density at radius 3 is 2.59 bits per heavy atom. The lowest BCUT2D eigenvalue weighted by Crippen LogP contribution is -2.30. The van der Waals surface area contributed by atoms with E-state index >= 15 is 0 Å². The van der Waals surface area contributed by atoms with Crippen LogP contribution in [0.1, 0.15) is 28.9 Å². The average Bonchev–Trinajstić information content (AvgIpc) is 2.52. The lowest BCUT2D eigenvalue weighted by molar-refractivity contribution is 0.0736. The average molecular weight is 322 g/mol. The molecule has 0 aliphatic carbocycles. The maximum Gasteiger partial charge on any atom is 0.257 e. The molecular weight excluding hydrogens is 305 g/mol. The zero-order valence-electron chi connectivity index (χ0n) is 12.6. The van der Waals surface area contributed by atoms with E-state index in [2.05, 4.69) is 0 Å². The maximum absolute atomic E-state index is 13.9. The van der Waals surface area contributed by atoms with Crippen molar-refractivity contribution < 1.29 is 13.9 Å². The third-order valence-electron chi connectivity index (χ3n) is 3.65. The van der Waals surface area contributed by atoms with Gasteiger partial charge in [-0.05, 0) is 31.2 Å². The topological polar surface area (TPSA) is 29.5 Å². The van der Waals surface area contributed by atoms with Crippen LogP contribution < -0.4 is 4.74 Å². The highest BCUT2D eigenvalue weighted by atomic mass is 35.5. The van der Waals surface area contributed by atoms with Crippen LogP contribution in [0, 0.1) is 5.82 Å². The van der Waals surface area contributed by atoms with Crippen molar-refractivity contribution in [2.45, 2.75) is 13.0 Å². The number of carbonyl (C=O) groups excluding carboxylic acids is 1. The molecule has 0 N–H and O–H groups in total. The summed E-state index contributed by atoms with van der Waals surface area (Å²) >= 11 is 5.72. The van der Waals surface area contributed by atoms with E-state index in [0.29, 0.717) is 5.75 Å². The van der Waals surface area contributed by atoms with Crippen molar-refractivity contribution >= 4 is 17.5 Å². The summed E-state index contributed by atoms with van der Waals surface area (Å²) in [5.74, 6) is -0.352. The fourth-order valence-electron chi connectivity index (χ4n) is 2.25. The van der Waals surface area contributed by atoms with E-state index in [1.165, 1.54) is 17.0 Å². The molecule has 0 saturated heterocycles. The largest absolute Gasteiger partial charge is 0.496 e. The van der Waals surface area contributed by atoms with Crippen molar-refractivity contribution in [3.63, 3.8) is 0 Å². The highest BCUT2D eigenvalue weighted by Crippen LogP contribution is 2.29. The molecule has 0 aliphatic rings. The van der Waals surface area contributed by atoms with Crippen molar-refractivity contribution in [2.24, 2.45) is 0 Å². The summed E-state index contributed by atoms with van der Waals surface area (Å²) < 4.78 is 19.2. The normalized spacial score (nSPS) is 11.9. The van der Waals surface area contributed by atoms with Gasteiger partial charge in [-0.25, -0.2) is 4.39 Å². The van der Waals surface area contributed by atoms with E-state index in [1.807, 2.05) is 31.2 Å². The van der Waals surface area contributed by atoms with Crippen LogP contribution in [0.25, 0.3) is 0 Å². The minimum atomic E-state index is -0.628. The lowest BCUT2D eigenvalue weighted by atomic mass is 10.0. The Morgan fingerprint density at radius 2 is 1.95 bits per heavy atom. The van der Waals surface area contributed by atoms with Gasteiger partial charge >= 0.3 is 0 Å². The second kappa shape index (κ2) is 6.79. The monoisotopic (exact) mass is 321 g/mol. The first kappa shape index (κ1) is 16.3. The number of para-hydroxylation sites is 1. The van der Waals surface area contributed by atoms with Gasteiger partial charge in [0.15, 0.2) is 0 Å². The number of hydrogen-bond acceptors (Lipinski definition) is 2. The Bertz CT molecular complexity index is 690. The first-order chi connectivity index (χ1) is 10.5. The predicted octanol–water partition coefficient (Wildman–Crippen LogP) is 4.32. The Kier molecular flexibility index (Phi) is 5.03. The number of nitrogens with zero attached hydrogens (tertiary/aromatic N) is 1. The second-order valence-corrected chi connectivity index (χ2v) is 5.39. The molecule has 0 radical (unpaired) electrons. The third-order valence-corrected chi connectivity index (χ3v) is 3.89. The second-order valence-electron chi connectivity index (χ2n) is 4.96. The Balaban J connectivity index is 2.30. The quantitative estimate of drug-likeness (QED) is 0.839. The van der Waals surface area contributed by atoms with Crippen LogP contribution in [-0.4, -0.2) is 25.0 Å². The molecule has 22 heavy (non-hydrogen) atoms. The molecule has 1 amide bonds. The van der Waals surface area contributed by atoms with Gasteiger partial charge in [0, 0.05) is 17.6 Å². The molecule has 0 aromatic heterocycles. The van der Waals surface area contributed by atoms with Gasteiger partial charge in [0.1, 0.15) is 11.6 Å². The molecule has 0 saturated carbocycles. The van der Waals surface area contributed by atoms with Crippen molar-refractivity contribution in [1.29, 1.82) is 0 Å². The number of halogens is 2. The summed E-state index contributed by atoms with van der Waals surface area (Å²) in [6, 6.07) is 11.2. The molecule has 2 rings (SSSR count). The van der Waals surface area contributed by atoms with E-state index in [4.69, 9.17) is 16.3 Å². The molecule has 2 aromatic carbocycles. The van der Waals surface area contributed by atoms with Gasteiger partial charge in [-0.15, -0.1) is 0 Å². The fraction of sp³-hybridized carbons (Fsp3) is 0.235. The molecule has 1 atom stereocenters. The molecule has 0 unspecified atom stereocenters. The minimum absolute atomic E-state index is 0.00588. The van der Waals surface area contributed by atoms with Gasteiger partial charge < -0.3 is 9.64 Å². The van der Waals surface area contributed by atoms with Gasteiger partial charge in [0.05, 0.1) is 18.7 Å². The number of hydrogen-bond donors (Lipinski definition) is 0. The van der Waals surface area contributed by atoms with Crippen molar-refractivity contribution in [2.75, 3.05) is 14.2 Å². The Labute approximate surface area is 134 Å². The van der Waals surface area contributed by atoms with E-state index < -0.39 is 11.7 Å². The molecule has 5 heteroatoms. The summed E-state index contributed by atoms with van der Waals surface area (Å²) in [4.78, 5) is 14.0. The highest BCUT2D eigenvalue weighted by Gasteiger charge is 2.23. The molecular formula is C17H17ClFNO2. The minimum Gasteiger partial charge on any atom is -0.496 e. The van der Waals surface area contributed by atoms with Gasteiger partial charge in [-0.3, -0.25) is 4.79 Å². The molecule has 0 bridgehead atoms. The van der Waals surface area contributed by atoms with Crippen LogP contribution in [-0.2, 0) is 0 Å². The van der Waals surface area contributed by atoms with Crippen LogP contribution in [0.4, 0.5) is 4.39 Å². The van der Waals surface area contributed by atoms with Crippen LogP contribution in [0.15, 0.2) is 42.5 Å². The molecule has 3 nitrogen and oxygen atoms in total. The van der Waals surface area contributed by atoms with Crippen LogP contribution in [0.5, 0.6) is 5.75 Å². The Morgan fingerprint density at radius 1 is 1.27 bits per heavy atom. The summed E-state index contributed by atoms with van der Waals surface area (Å²) in [6.07, 6.45) is 0. The van der Waals surface area contributed by atoms with Crippen molar-refractivity contribution in [3.8, 4) is 5.75 Å². The maximum atomic E-state index is 13.9. The number of ether oxygens (including phenoxy) is 1. The third kappa shape index (κ3) is 3.22. The number of methoxy groups -OCH3 is 1. The smallest absolute Gasteiger partial charge is 0.257 e. The molecule has 0 aliphatic heterocycles. The van der Waals surface area contributed by atoms with Crippen LogP contribution in [0.3, 0.4) is 0 Å². The van der Waals surface area contributed by atoms with E-state index in [9.17, 15) is 9.18 Å². The number of rotatable bonds is 4. The van der Waals surface area contributed by atoms with Crippen LogP contribution >= 0.6 is 11.6 Å². The lowest BCUT2D eigenvalue weighted by Gasteiger charge is -2.26. The Hall–Kier alpha value is -2.07. The highest BCUT2D eigenvalue weighted by molar-refractivity contribution is 6.30. The molecule has 0 heterocycles. The predicted molar refractivity (Wildman–Crippen MR) is 84.9 cm³/mol. The molecule has 116 valence electrons. The molecule has 0 fully saturated rings. The SMILES string of the molecule is COc1ccccc1[C@H](C)N(C)C(=O)c1ccc(Cl)cc1F. The first-order valence-electron chi connectivity index (χ1n) is 6.80. The fourth-order valence-corrected chi connectivity index (χ4v) is 2.41. The van der Waals surface area contributed by atoms with Crippen molar-refractivity contribution in [3.05, 3.63) is 64.4 Å². The number of amides is 1. The van der Waals surface area contributed by atoms with Gasteiger partial charge in [-0.1, -0.05) is 29.8 Å². The summed E-state index contributed by atoms with van der Waals surface area (Å²) in [5.41, 5.74) is 0.851. The summed E-state index contributed by atoms with van der Waals surface area (Å²) in [6.45, 7) is 1.86. The van der Waals surface area contributed by atoms with Crippen LogP contribution in [0.2, 0.25) is 5.02 Å². The van der Waals surface area contributed by atoms with Gasteiger partial charge in [0.25, 0.3) is 5.91 Å². The summed E-state index contributed by atoms with van der Waals surface area (Å²) in [5, 5.41) is 0.259. The first-order valence-corrected chi connectivity index (χ1v) is 7.18. The molecule has 2 aromatic rings. The van der Waals surface area contributed by atoms with Gasteiger partial charge in [-0.2, -0.15) is 0 Å². The zero-order chi connectivity index (χ0) is 16.3. The van der Waals surface area contributed by atoms with E-state index in [1.54, 1.807) is 14.2 Å². The standard InChI is InChI=1S/C17H17ClFNO2/c1-11(13-6-4-5-7-16(13)22-3)20(2)17(21)14-9-8-12(18)10-15(14)19/h4-11H,1-3H3/t11-/m0/s1. The molecule has 0 spiro atoms. The van der Waals surface area contributed by atoms with Gasteiger partial charge in [0.2, 0.25) is 0 Å².